The van der Waals surface area contributed by atoms with Gasteiger partial charge in [-0.2, -0.15) is 0 Å². The molecule has 0 heterocycles. The minimum absolute atomic E-state index is 0. The molecule has 6 heteroatoms. The summed E-state index contributed by atoms with van der Waals surface area (Å²) < 4.78 is 37.6. The van der Waals surface area contributed by atoms with Crippen LogP contribution >= 0.6 is 12.4 Å². The van der Waals surface area contributed by atoms with Gasteiger partial charge in [0.25, 0.3) is 0 Å². The SMILES string of the molecule is CC(C)c1ccccc1S(=O)(=O)C/C(F)=C/CN.Cl. The molecular formula is C13H19ClFNO2S. The van der Waals surface area contributed by atoms with E-state index < -0.39 is 21.4 Å². The van der Waals surface area contributed by atoms with Crippen LogP contribution < -0.4 is 5.73 Å². The molecule has 0 aromatic heterocycles. The van der Waals surface area contributed by atoms with Gasteiger partial charge in [0, 0.05) is 6.54 Å². The van der Waals surface area contributed by atoms with Gasteiger partial charge < -0.3 is 5.73 Å². The van der Waals surface area contributed by atoms with E-state index in [1.807, 2.05) is 13.8 Å². The van der Waals surface area contributed by atoms with Gasteiger partial charge in [-0.25, -0.2) is 12.8 Å². The molecule has 1 rings (SSSR count). The molecule has 108 valence electrons. The van der Waals surface area contributed by atoms with Gasteiger partial charge in [0.05, 0.1) is 4.90 Å². The Balaban J connectivity index is 0.00000324. The van der Waals surface area contributed by atoms with Crippen molar-refractivity contribution in [3.8, 4) is 0 Å². The van der Waals surface area contributed by atoms with Crippen LogP contribution in [0.4, 0.5) is 4.39 Å². The maximum absolute atomic E-state index is 13.3. The van der Waals surface area contributed by atoms with Crippen molar-refractivity contribution >= 4 is 22.2 Å². The summed E-state index contributed by atoms with van der Waals surface area (Å²) in [4.78, 5) is 0.195. The second-order valence-corrected chi connectivity index (χ2v) is 6.30. The number of halogens is 2. The van der Waals surface area contributed by atoms with Crippen LogP contribution in [0.3, 0.4) is 0 Å². The highest BCUT2D eigenvalue weighted by molar-refractivity contribution is 7.91. The maximum Gasteiger partial charge on any atom is 0.185 e. The first-order chi connectivity index (χ1) is 8.38. The van der Waals surface area contributed by atoms with E-state index in [2.05, 4.69) is 0 Å². The van der Waals surface area contributed by atoms with Gasteiger partial charge in [-0.1, -0.05) is 32.0 Å². The molecule has 0 fully saturated rings. The predicted octanol–water partition coefficient (Wildman–Crippen LogP) is 2.82. The summed E-state index contributed by atoms with van der Waals surface area (Å²) in [6.07, 6.45) is 1.08. The van der Waals surface area contributed by atoms with Gasteiger partial charge in [0.1, 0.15) is 11.6 Å². The van der Waals surface area contributed by atoms with E-state index in [4.69, 9.17) is 5.73 Å². The van der Waals surface area contributed by atoms with Gasteiger partial charge in [-0.05, 0) is 23.6 Å². The number of hydrogen-bond donors (Lipinski definition) is 1. The number of hydrogen-bond acceptors (Lipinski definition) is 3. The Bertz CT molecular complexity index is 541. The molecule has 0 aliphatic carbocycles. The lowest BCUT2D eigenvalue weighted by atomic mass is 10.0. The zero-order chi connectivity index (χ0) is 13.8. The summed E-state index contributed by atoms with van der Waals surface area (Å²) in [7, 11) is -3.66. The van der Waals surface area contributed by atoms with Crippen molar-refractivity contribution in [2.45, 2.75) is 24.7 Å². The third-order valence-corrected chi connectivity index (χ3v) is 4.24. The topological polar surface area (TPSA) is 60.2 Å². The van der Waals surface area contributed by atoms with Crippen LogP contribution in [0.15, 0.2) is 41.1 Å². The van der Waals surface area contributed by atoms with Crippen molar-refractivity contribution in [2.75, 3.05) is 12.3 Å². The molecule has 1 aromatic rings. The normalized spacial score (nSPS) is 12.4. The molecule has 2 N–H and O–H groups in total. The molecule has 0 amide bonds. The van der Waals surface area contributed by atoms with E-state index in [-0.39, 0.29) is 29.8 Å². The summed E-state index contributed by atoms with van der Waals surface area (Å²) in [5.41, 5.74) is 5.86. The van der Waals surface area contributed by atoms with Crippen molar-refractivity contribution in [3.63, 3.8) is 0 Å². The van der Waals surface area contributed by atoms with Gasteiger partial charge in [-0.3, -0.25) is 0 Å². The average Bonchev–Trinajstić information content (AvgIpc) is 2.28. The minimum atomic E-state index is -3.66. The van der Waals surface area contributed by atoms with E-state index in [9.17, 15) is 12.8 Å². The highest BCUT2D eigenvalue weighted by atomic mass is 35.5. The molecule has 0 saturated heterocycles. The second kappa shape index (κ2) is 7.62. The lowest BCUT2D eigenvalue weighted by molar-refractivity contribution is 0.581. The Hall–Kier alpha value is -0.910. The van der Waals surface area contributed by atoms with Crippen LogP contribution in [0.5, 0.6) is 0 Å². The highest BCUT2D eigenvalue weighted by Crippen LogP contribution is 2.25. The molecule has 3 nitrogen and oxygen atoms in total. The molecule has 0 unspecified atom stereocenters. The van der Waals surface area contributed by atoms with Crippen molar-refractivity contribution in [1.82, 2.24) is 0 Å². The third kappa shape index (κ3) is 4.93. The van der Waals surface area contributed by atoms with Crippen LogP contribution in [0.1, 0.15) is 25.3 Å². The van der Waals surface area contributed by atoms with Gasteiger partial charge in [0.2, 0.25) is 0 Å². The Kier molecular flexibility index (Phi) is 7.26. The Morgan fingerprint density at radius 3 is 2.47 bits per heavy atom. The molecule has 1 aromatic carbocycles. The van der Waals surface area contributed by atoms with E-state index in [0.29, 0.717) is 5.56 Å². The van der Waals surface area contributed by atoms with Crippen molar-refractivity contribution < 1.29 is 12.8 Å². The fourth-order valence-corrected chi connectivity index (χ4v) is 3.27. The standard InChI is InChI=1S/C13H18FNO2S.ClH/c1-10(2)12-5-3-4-6-13(12)18(16,17)9-11(14)7-8-15;/h3-7,10H,8-9,15H2,1-2H3;1H/b11-7-;. The molecule has 19 heavy (non-hydrogen) atoms. The van der Waals surface area contributed by atoms with Crippen LogP contribution in [-0.4, -0.2) is 20.7 Å². The molecule has 0 radical (unpaired) electrons. The predicted molar refractivity (Wildman–Crippen MR) is 78.1 cm³/mol. The summed E-state index contributed by atoms with van der Waals surface area (Å²) in [5.74, 6) is -1.28. The zero-order valence-corrected chi connectivity index (χ0v) is 12.6. The molecule has 0 spiro atoms. The smallest absolute Gasteiger partial charge is 0.185 e. The first-order valence-corrected chi connectivity index (χ1v) is 7.40. The highest BCUT2D eigenvalue weighted by Gasteiger charge is 2.21. The van der Waals surface area contributed by atoms with Crippen LogP contribution in [0, 0.1) is 0 Å². The largest absolute Gasteiger partial charge is 0.327 e. The van der Waals surface area contributed by atoms with Gasteiger partial charge in [0.15, 0.2) is 9.84 Å². The third-order valence-electron chi connectivity index (χ3n) is 2.54. The van der Waals surface area contributed by atoms with Crippen molar-refractivity contribution in [3.05, 3.63) is 41.7 Å². The monoisotopic (exact) mass is 307 g/mol. The summed E-state index contributed by atoms with van der Waals surface area (Å²) in [5, 5.41) is 0. The Labute approximate surface area is 120 Å². The first kappa shape index (κ1) is 18.1. The molecular weight excluding hydrogens is 289 g/mol. The minimum Gasteiger partial charge on any atom is -0.327 e. The summed E-state index contributed by atoms with van der Waals surface area (Å²) in [6, 6.07) is 6.69. The van der Waals surface area contributed by atoms with E-state index in [0.717, 1.165) is 6.08 Å². The number of sulfone groups is 1. The summed E-state index contributed by atoms with van der Waals surface area (Å²) in [6.45, 7) is 3.80. The molecule has 0 saturated carbocycles. The van der Waals surface area contributed by atoms with E-state index in [1.54, 1.807) is 18.2 Å². The fourth-order valence-electron chi connectivity index (χ4n) is 1.69. The summed E-state index contributed by atoms with van der Waals surface area (Å²) >= 11 is 0. The van der Waals surface area contributed by atoms with Gasteiger partial charge >= 0.3 is 0 Å². The maximum atomic E-state index is 13.3. The van der Waals surface area contributed by atoms with E-state index in [1.165, 1.54) is 6.07 Å². The Morgan fingerprint density at radius 2 is 1.95 bits per heavy atom. The van der Waals surface area contributed by atoms with Crippen molar-refractivity contribution in [2.24, 2.45) is 5.73 Å². The van der Waals surface area contributed by atoms with Gasteiger partial charge in [-0.15, -0.1) is 12.4 Å². The number of nitrogens with two attached hydrogens (primary N) is 1. The lowest BCUT2D eigenvalue weighted by Gasteiger charge is -2.12. The Morgan fingerprint density at radius 1 is 1.37 bits per heavy atom. The molecule has 0 bridgehead atoms. The quantitative estimate of drug-likeness (QED) is 0.910. The number of rotatable bonds is 5. The second-order valence-electron chi connectivity index (χ2n) is 4.34. The van der Waals surface area contributed by atoms with Crippen LogP contribution in [0.25, 0.3) is 0 Å². The van der Waals surface area contributed by atoms with Crippen LogP contribution in [0.2, 0.25) is 0 Å². The zero-order valence-electron chi connectivity index (χ0n) is 11.0. The molecule has 0 aliphatic heterocycles. The molecule has 0 atom stereocenters. The lowest BCUT2D eigenvalue weighted by Crippen LogP contribution is -2.11. The van der Waals surface area contributed by atoms with Crippen molar-refractivity contribution in [1.29, 1.82) is 0 Å². The average molecular weight is 308 g/mol. The first-order valence-electron chi connectivity index (χ1n) is 5.74. The van der Waals surface area contributed by atoms with Crippen LogP contribution in [-0.2, 0) is 9.84 Å². The fraction of sp³-hybridized carbons (Fsp3) is 0.385. The number of benzene rings is 1. The molecule has 0 aliphatic rings. The van der Waals surface area contributed by atoms with E-state index >= 15 is 0 Å².